The minimum Gasteiger partial charge on any atom is -0.491 e. The molecule has 1 aromatic carbocycles. The van der Waals surface area contributed by atoms with Crippen LogP contribution in [0.5, 0.6) is 5.75 Å². The highest BCUT2D eigenvalue weighted by Crippen LogP contribution is 2.16. The topological polar surface area (TPSA) is 61.7 Å². The number of aliphatic hydroxyl groups excluding tert-OH is 2. The molecule has 0 aliphatic heterocycles. The fraction of sp³-hybridized carbons (Fsp3) is 0.600. The third-order valence-electron chi connectivity index (χ3n) is 3.03. The van der Waals surface area contributed by atoms with E-state index in [2.05, 4.69) is 5.32 Å². The molecule has 0 saturated carbocycles. The molecule has 0 aliphatic rings. The maximum absolute atomic E-state index is 9.78. The summed E-state index contributed by atoms with van der Waals surface area (Å²) in [5.41, 5.74) is 1.05. The highest BCUT2D eigenvalue weighted by atomic mass is 16.5. The lowest BCUT2D eigenvalue weighted by molar-refractivity contribution is 0.0906. The quantitative estimate of drug-likeness (QED) is 0.665. The Bertz CT molecular complexity index is 368. The van der Waals surface area contributed by atoms with Crippen LogP contribution in [0.15, 0.2) is 24.3 Å². The van der Waals surface area contributed by atoms with Gasteiger partial charge in [-0.1, -0.05) is 32.0 Å². The lowest BCUT2D eigenvalue weighted by atomic mass is 10.1. The van der Waals surface area contributed by atoms with E-state index < -0.39 is 6.10 Å². The molecule has 0 spiro atoms. The minimum absolute atomic E-state index is 0.216. The lowest BCUT2D eigenvalue weighted by Gasteiger charge is -2.18. The average Bonchev–Trinajstić information content (AvgIpc) is 2.37. The number of hydrogen-bond acceptors (Lipinski definition) is 4. The average molecular weight is 267 g/mol. The molecule has 19 heavy (non-hydrogen) atoms. The van der Waals surface area contributed by atoms with Gasteiger partial charge in [0.15, 0.2) is 0 Å². The number of para-hydroxylation sites is 1. The summed E-state index contributed by atoms with van der Waals surface area (Å²) in [5.74, 6) is 1.01. The third kappa shape index (κ3) is 6.05. The Labute approximate surface area is 115 Å². The number of aliphatic hydroxyl groups is 2. The zero-order valence-electron chi connectivity index (χ0n) is 12.0. The van der Waals surface area contributed by atoms with Gasteiger partial charge in [-0.2, -0.15) is 0 Å². The van der Waals surface area contributed by atoms with Crippen LogP contribution >= 0.6 is 0 Å². The van der Waals surface area contributed by atoms with Crippen LogP contribution in [0.2, 0.25) is 0 Å². The van der Waals surface area contributed by atoms with E-state index >= 15 is 0 Å². The molecule has 3 N–H and O–H groups in total. The summed E-state index contributed by atoms with van der Waals surface area (Å²) in [4.78, 5) is 0. The van der Waals surface area contributed by atoms with E-state index in [0.717, 1.165) is 11.3 Å². The summed E-state index contributed by atoms with van der Waals surface area (Å²) in [6.07, 6.45) is -0.969. The first-order valence-corrected chi connectivity index (χ1v) is 6.76. The number of ether oxygens (including phenoxy) is 1. The van der Waals surface area contributed by atoms with Gasteiger partial charge in [0.2, 0.25) is 0 Å². The van der Waals surface area contributed by atoms with Crippen LogP contribution in [0, 0.1) is 12.8 Å². The van der Waals surface area contributed by atoms with E-state index in [1.165, 1.54) is 0 Å². The molecule has 0 radical (unpaired) electrons. The second kappa shape index (κ2) is 8.15. The van der Waals surface area contributed by atoms with E-state index in [9.17, 15) is 10.2 Å². The van der Waals surface area contributed by atoms with Gasteiger partial charge in [-0.15, -0.1) is 0 Å². The molecule has 0 amide bonds. The summed E-state index contributed by atoms with van der Waals surface area (Å²) in [7, 11) is 0. The zero-order chi connectivity index (χ0) is 14.3. The third-order valence-corrected chi connectivity index (χ3v) is 3.03. The Balaban J connectivity index is 2.21. The van der Waals surface area contributed by atoms with Gasteiger partial charge in [0.1, 0.15) is 18.5 Å². The van der Waals surface area contributed by atoms with Gasteiger partial charge in [0.25, 0.3) is 0 Å². The number of rotatable bonds is 8. The molecule has 4 heteroatoms. The summed E-state index contributed by atoms with van der Waals surface area (Å²) in [6.45, 7) is 7.04. The summed E-state index contributed by atoms with van der Waals surface area (Å²) < 4.78 is 5.55. The second-order valence-corrected chi connectivity index (χ2v) is 5.20. The minimum atomic E-state index is -0.584. The highest BCUT2D eigenvalue weighted by molar-refractivity contribution is 5.31. The smallest absolute Gasteiger partial charge is 0.122 e. The Morgan fingerprint density at radius 1 is 1.16 bits per heavy atom. The first-order chi connectivity index (χ1) is 9.00. The SMILES string of the molecule is Cc1ccccc1OCC(O)CNCC(O)C(C)C. The van der Waals surface area contributed by atoms with E-state index in [1.807, 2.05) is 45.0 Å². The zero-order valence-corrected chi connectivity index (χ0v) is 12.0. The summed E-state index contributed by atoms with van der Waals surface area (Å²) in [6, 6.07) is 7.72. The van der Waals surface area contributed by atoms with Crippen molar-refractivity contribution in [1.82, 2.24) is 5.32 Å². The molecule has 1 aromatic rings. The van der Waals surface area contributed by atoms with Gasteiger partial charge in [-0.25, -0.2) is 0 Å². The van der Waals surface area contributed by atoms with Gasteiger partial charge in [0, 0.05) is 13.1 Å². The van der Waals surface area contributed by atoms with Crippen molar-refractivity contribution in [3.05, 3.63) is 29.8 Å². The Morgan fingerprint density at radius 3 is 2.47 bits per heavy atom. The fourth-order valence-corrected chi connectivity index (χ4v) is 1.60. The van der Waals surface area contributed by atoms with Crippen LogP contribution in [-0.4, -0.2) is 42.1 Å². The maximum atomic E-state index is 9.78. The molecule has 0 aromatic heterocycles. The number of aryl methyl sites for hydroxylation is 1. The molecule has 0 saturated heterocycles. The lowest BCUT2D eigenvalue weighted by Crippen LogP contribution is -2.37. The second-order valence-electron chi connectivity index (χ2n) is 5.20. The van der Waals surface area contributed by atoms with Crippen LogP contribution in [-0.2, 0) is 0 Å². The van der Waals surface area contributed by atoms with Crippen LogP contribution < -0.4 is 10.1 Å². The van der Waals surface area contributed by atoms with Crippen molar-refractivity contribution in [3.8, 4) is 5.75 Å². The molecule has 2 atom stereocenters. The van der Waals surface area contributed by atoms with Crippen LogP contribution in [0.4, 0.5) is 0 Å². The predicted molar refractivity (Wildman–Crippen MR) is 76.4 cm³/mol. The van der Waals surface area contributed by atoms with Gasteiger partial charge in [-0.05, 0) is 24.5 Å². The predicted octanol–water partition coefficient (Wildman–Crippen LogP) is 1.34. The molecule has 0 fully saturated rings. The van der Waals surface area contributed by atoms with E-state index in [1.54, 1.807) is 0 Å². The molecule has 0 aliphatic carbocycles. The summed E-state index contributed by atoms with van der Waals surface area (Å²) >= 11 is 0. The van der Waals surface area contributed by atoms with Crippen molar-refractivity contribution >= 4 is 0 Å². The van der Waals surface area contributed by atoms with Crippen molar-refractivity contribution in [2.75, 3.05) is 19.7 Å². The first kappa shape index (κ1) is 16.0. The largest absolute Gasteiger partial charge is 0.491 e. The molecular weight excluding hydrogens is 242 g/mol. The number of hydrogen-bond donors (Lipinski definition) is 3. The molecule has 0 heterocycles. The van der Waals surface area contributed by atoms with Gasteiger partial charge < -0.3 is 20.3 Å². The molecular formula is C15H25NO3. The Kier molecular flexibility index (Phi) is 6.84. The molecule has 2 unspecified atom stereocenters. The van der Waals surface area contributed by atoms with Gasteiger partial charge >= 0.3 is 0 Å². The number of nitrogens with one attached hydrogen (secondary N) is 1. The van der Waals surface area contributed by atoms with E-state index in [0.29, 0.717) is 13.1 Å². The van der Waals surface area contributed by atoms with Gasteiger partial charge in [0.05, 0.1) is 6.10 Å². The fourth-order valence-electron chi connectivity index (χ4n) is 1.60. The van der Waals surface area contributed by atoms with Crippen molar-refractivity contribution in [2.45, 2.75) is 33.0 Å². The van der Waals surface area contributed by atoms with Crippen LogP contribution in [0.25, 0.3) is 0 Å². The van der Waals surface area contributed by atoms with Crippen LogP contribution in [0.1, 0.15) is 19.4 Å². The Hall–Kier alpha value is -1.10. The molecule has 108 valence electrons. The molecule has 1 rings (SSSR count). The summed E-state index contributed by atoms with van der Waals surface area (Å²) in [5, 5.41) is 22.4. The molecule has 0 bridgehead atoms. The van der Waals surface area contributed by atoms with Crippen molar-refractivity contribution in [2.24, 2.45) is 5.92 Å². The first-order valence-electron chi connectivity index (χ1n) is 6.76. The van der Waals surface area contributed by atoms with Gasteiger partial charge in [-0.3, -0.25) is 0 Å². The number of benzene rings is 1. The van der Waals surface area contributed by atoms with Crippen molar-refractivity contribution < 1.29 is 14.9 Å². The molecule has 4 nitrogen and oxygen atoms in total. The Morgan fingerprint density at radius 2 is 1.84 bits per heavy atom. The van der Waals surface area contributed by atoms with Crippen LogP contribution in [0.3, 0.4) is 0 Å². The monoisotopic (exact) mass is 267 g/mol. The maximum Gasteiger partial charge on any atom is 0.122 e. The van der Waals surface area contributed by atoms with Crippen molar-refractivity contribution in [3.63, 3.8) is 0 Å². The van der Waals surface area contributed by atoms with E-state index in [-0.39, 0.29) is 18.6 Å². The van der Waals surface area contributed by atoms with Crippen molar-refractivity contribution in [1.29, 1.82) is 0 Å². The highest BCUT2D eigenvalue weighted by Gasteiger charge is 2.10. The standard InChI is InChI=1S/C15H25NO3/c1-11(2)14(18)9-16-8-13(17)10-19-15-7-5-4-6-12(15)3/h4-7,11,13-14,16-18H,8-10H2,1-3H3. The normalized spacial score (nSPS) is 14.4. The van der Waals surface area contributed by atoms with E-state index in [4.69, 9.17) is 4.74 Å².